The van der Waals surface area contributed by atoms with Crippen molar-refractivity contribution in [2.45, 2.75) is 6.92 Å². The molecule has 260 valence electrons. The van der Waals surface area contributed by atoms with E-state index in [1.807, 2.05) is 0 Å². The Hall–Kier alpha value is -7.02. The molecule has 0 aliphatic rings. The largest absolute Gasteiger partial charge is 0.0622 e. The van der Waals surface area contributed by atoms with Crippen LogP contribution < -0.4 is 0 Å². The molecule has 0 spiro atoms. The zero-order valence-corrected chi connectivity index (χ0v) is 30.9. The molecular formula is C55H40. The lowest BCUT2D eigenvalue weighted by molar-refractivity contribution is 1.44. The first-order chi connectivity index (χ1) is 27.2. The SMILES string of the molecule is Cc1c(-c2ccc(-c3cc(-c4ccccc4)ccc3-c3ccccc3)cc2)cccc1-c1ccc(-c2cc(-c3ccccc3)ccc2-c2ccccc2)cc1. The summed E-state index contributed by atoms with van der Waals surface area (Å²) in [5, 5.41) is 0. The highest BCUT2D eigenvalue weighted by Gasteiger charge is 2.14. The van der Waals surface area contributed by atoms with Crippen LogP contribution in [0.2, 0.25) is 0 Å². The van der Waals surface area contributed by atoms with E-state index in [9.17, 15) is 0 Å². The molecular weight excluding hydrogens is 661 g/mol. The second-order valence-electron chi connectivity index (χ2n) is 14.1. The van der Waals surface area contributed by atoms with E-state index in [1.165, 1.54) is 94.6 Å². The number of benzene rings is 9. The van der Waals surface area contributed by atoms with Gasteiger partial charge < -0.3 is 0 Å². The Morgan fingerprint density at radius 3 is 0.800 bits per heavy atom. The summed E-state index contributed by atoms with van der Waals surface area (Å²) < 4.78 is 0. The van der Waals surface area contributed by atoms with E-state index < -0.39 is 0 Å². The molecule has 0 nitrogen and oxygen atoms in total. The predicted octanol–water partition coefficient (Wildman–Crippen LogP) is 15.3. The number of hydrogen-bond donors (Lipinski definition) is 0. The summed E-state index contributed by atoms with van der Waals surface area (Å²) in [7, 11) is 0. The van der Waals surface area contributed by atoms with E-state index in [0.717, 1.165) is 0 Å². The summed E-state index contributed by atoms with van der Waals surface area (Å²) in [6.07, 6.45) is 0. The third-order valence-electron chi connectivity index (χ3n) is 10.8. The van der Waals surface area contributed by atoms with Gasteiger partial charge in [0.2, 0.25) is 0 Å². The van der Waals surface area contributed by atoms with Gasteiger partial charge in [0, 0.05) is 0 Å². The maximum Gasteiger partial charge on any atom is -0.00992 e. The monoisotopic (exact) mass is 700 g/mol. The van der Waals surface area contributed by atoms with Gasteiger partial charge in [0.1, 0.15) is 0 Å². The van der Waals surface area contributed by atoms with Gasteiger partial charge in [-0.15, -0.1) is 0 Å². The Balaban J connectivity index is 1.05. The molecule has 0 unspecified atom stereocenters. The van der Waals surface area contributed by atoms with Crippen molar-refractivity contribution in [3.05, 3.63) is 230 Å². The van der Waals surface area contributed by atoms with Crippen LogP contribution in [-0.4, -0.2) is 0 Å². The Labute approximate surface area is 324 Å². The van der Waals surface area contributed by atoms with Crippen LogP contribution in [0.3, 0.4) is 0 Å². The van der Waals surface area contributed by atoms with Gasteiger partial charge in [-0.05, 0) is 114 Å². The minimum atomic E-state index is 1.20. The third kappa shape index (κ3) is 6.95. The van der Waals surface area contributed by atoms with Crippen LogP contribution in [0, 0.1) is 6.92 Å². The van der Waals surface area contributed by atoms with Crippen molar-refractivity contribution in [1.82, 2.24) is 0 Å². The van der Waals surface area contributed by atoms with Gasteiger partial charge in [-0.1, -0.05) is 212 Å². The Kier molecular flexibility index (Phi) is 9.31. The fourth-order valence-electron chi connectivity index (χ4n) is 7.85. The summed E-state index contributed by atoms with van der Waals surface area (Å²) in [4.78, 5) is 0. The van der Waals surface area contributed by atoms with Crippen LogP contribution in [-0.2, 0) is 0 Å². The zero-order valence-electron chi connectivity index (χ0n) is 30.9. The first-order valence-electron chi connectivity index (χ1n) is 19.0. The molecule has 0 radical (unpaired) electrons. The van der Waals surface area contributed by atoms with E-state index >= 15 is 0 Å². The Morgan fingerprint density at radius 1 is 0.182 bits per heavy atom. The van der Waals surface area contributed by atoms with E-state index in [-0.39, 0.29) is 0 Å². The average Bonchev–Trinajstić information content (AvgIpc) is 3.27. The standard InChI is InChI=1S/C55H40/c1-39-50(44-25-29-46(30-26-44)54-37-48(40-15-6-2-7-16-40)33-35-52(54)42-19-10-4-11-20-42)23-14-24-51(39)45-27-31-47(32-28-45)55-38-49(41-17-8-3-9-18-41)34-36-53(55)43-21-12-5-13-22-43/h2-38H,1H3. The fraction of sp³-hybridized carbons (Fsp3) is 0.0182. The van der Waals surface area contributed by atoms with Crippen molar-refractivity contribution in [3.63, 3.8) is 0 Å². The summed E-state index contributed by atoms with van der Waals surface area (Å²) in [6, 6.07) is 81.2. The Morgan fingerprint density at radius 2 is 0.455 bits per heavy atom. The van der Waals surface area contributed by atoms with E-state index in [1.54, 1.807) is 0 Å². The topological polar surface area (TPSA) is 0 Å². The normalized spacial score (nSPS) is 11.0. The van der Waals surface area contributed by atoms with Crippen LogP contribution in [0.1, 0.15) is 5.56 Å². The molecule has 0 aliphatic carbocycles. The molecule has 0 heteroatoms. The molecule has 0 amide bonds. The van der Waals surface area contributed by atoms with Gasteiger partial charge in [0.05, 0.1) is 0 Å². The minimum absolute atomic E-state index is 1.20. The molecule has 9 aromatic carbocycles. The zero-order chi connectivity index (χ0) is 37.0. The van der Waals surface area contributed by atoms with E-state index in [4.69, 9.17) is 0 Å². The molecule has 0 fully saturated rings. The summed E-state index contributed by atoms with van der Waals surface area (Å²) in [5.41, 5.74) is 20.8. The summed E-state index contributed by atoms with van der Waals surface area (Å²) >= 11 is 0. The second kappa shape index (κ2) is 15.1. The molecule has 0 aromatic heterocycles. The minimum Gasteiger partial charge on any atom is -0.0622 e. The molecule has 9 aromatic rings. The van der Waals surface area contributed by atoms with Gasteiger partial charge in [0.15, 0.2) is 0 Å². The predicted molar refractivity (Wildman–Crippen MR) is 235 cm³/mol. The maximum absolute atomic E-state index is 2.34. The molecule has 0 heterocycles. The first-order valence-corrected chi connectivity index (χ1v) is 19.0. The quantitative estimate of drug-likeness (QED) is 0.148. The van der Waals surface area contributed by atoms with Crippen molar-refractivity contribution in [2.24, 2.45) is 0 Å². The van der Waals surface area contributed by atoms with Crippen molar-refractivity contribution < 1.29 is 0 Å². The van der Waals surface area contributed by atoms with Gasteiger partial charge in [-0.25, -0.2) is 0 Å². The van der Waals surface area contributed by atoms with Gasteiger partial charge >= 0.3 is 0 Å². The second-order valence-corrected chi connectivity index (χ2v) is 14.1. The highest BCUT2D eigenvalue weighted by molar-refractivity contribution is 5.90. The molecule has 0 saturated carbocycles. The average molecular weight is 701 g/mol. The van der Waals surface area contributed by atoms with Gasteiger partial charge in [-0.3, -0.25) is 0 Å². The smallest absolute Gasteiger partial charge is 0.00992 e. The van der Waals surface area contributed by atoms with Crippen molar-refractivity contribution >= 4 is 0 Å². The van der Waals surface area contributed by atoms with Gasteiger partial charge in [0.25, 0.3) is 0 Å². The fourth-order valence-corrected chi connectivity index (χ4v) is 7.85. The summed E-state index contributed by atoms with van der Waals surface area (Å²) in [6.45, 7) is 2.25. The highest BCUT2D eigenvalue weighted by Crippen LogP contribution is 2.40. The lowest BCUT2D eigenvalue weighted by Crippen LogP contribution is -1.91. The van der Waals surface area contributed by atoms with Crippen LogP contribution in [0.15, 0.2) is 224 Å². The number of hydrogen-bond acceptors (Lipinski definition) is 0. The molecule has 0 saturated heterocycles. The van der Waals surface area contributed by atoms with Crippen LogP contribution in [0.4, 0.5) is 0 Å². The van der Waals surface area contributed by atoms with Crippen molar-refractivity contribution in [1.29, 1.82) is 0 Å². The number of rotatable bonds is 8. The maximum atomic E-state index is 2.34. The molecule has 0 N–H and O–H groups in total. The third-order valence-corrected chi connectivity index (χ3v) is 10.8. The molecule has 0 aliphatic heterocycles. The lowest BCUT2D eigenvalue weighted by Gasteiger charge is -2.16. The van der Waals surface area contributed by atoms with Crippen LogP contribution in [0.25, 0.3) is 89.0 Å². The van der Waals surface area contributed by atoms with Crippen molar-refractivity contribution in [3.8, 4) is 89.0 Å². The van der Waals surface area contributed by atoms with Crippen LogP contribution >= 0.6 is 0 Å². The summed E-state index contributed by atoms with van der Waals surface area (Å²) in [5.74, 6) is 0. The lowest BCUT2D eigenvalue weighted by atomic mass is 9.88. The van der Waals surface area contributed by atoms with E-state index in [2.05, 4.69) is 231 Å². The van der Waals surface area contributed by atoms with Gasteiger partial charge in [-0.2, -0.15) is 0 Å². The van der Waals surface area contributed by atoms with Crippen molar-refractivity contribution in [2.75, 3.05) is 0 Å². The van der Waals surface area contributed by atoms with E-state index in [0.29, 0.717) is 0 Å². The highest BCUT2D eigenvalue weighted by atomic mass is 14.2. The molecule has 55 heavy (non-hydrogen) atoms. The van der Waals surface area contributed by atoms with Crippen LogP contribution in [0.5, 0.6) is 0 Å². The molecule has 0 atom stereocenters. The molecule has 0 bridgehead atoms. The first kappa shape index (κ1) is 33.8. The molecule has 9 rings (SSSR count). The Bertz CT molecular complexity index is 2500.